The summed E-state index contributed by atoms with van der Waals surface area (Å²) in [6.45, 7) is 2.45. The summed E-state index contributed by atoms with van der Waals surface area (Å²) in [7, 11) is 0. The molecule has 0 aliphatic heterocycles. The number of fused-ring (bicyclic) bond motifs is 1. The fourth-order valence-corrected chi connectivity index (χ4v) is 5.27. The van der Waals surface area contributed by atoms with Crippen LogP contribution >= 0.6 is 0 Å². The molecule has 2 heterocycles. The molecule has 266 valence electrons. The number of nitrogen functional groups attached to an aromatic ring is 1. The predicted molar refractivity (Wildman–Crippen MR) is 186 cm³/mol. The van der Waals surface area contributed by atoms with E-state index in [0.29, 0.717) is 17.8 Å². The molecule has 0 saturated heterocycles. The average molecular weight is 680 g/mol. The summed E-state index contributed by atoms with van der Waals surface area (Å²) in [4.78, 5) is 75.5. The molecule has 0 saturated carbocycles. The molecule has 0 fully saturated rings. The molecule has 14 heteroatoms. The van der Waals surface area contributed by atoms with E-state index in [4.69, 9.17) is 10.5 Å². The quantitative estimate of drug-likeness (QED) is 0.0482. The van der Waals surface area contributed by atoms with Crippen molar-refractivity contribution in [3.63, 3.8) is 0 Å². The lowest BCUT2D eigenvalue weighted by Gasteiger charge is -2.14. The number of hydrogen-bond donors (Lipinski definition) is 5. The van der Waals surface area contributed by atoms with Gasteiger partial charge in [0.2, 0.25) is 5.95 Å². The highest BCUT2D eigenvalue weighted by atomic mass is 16.6. The Morgan fingerprint density at radius 2 is 1.45 bits per heavy atom. The average Bonchev–Trinajstić information content (AvgIpc) is 3.07. The number of carbonyl (C=O) groups excluding carboxylic acids is 3. The van der Waals surface area contributed by atoms with Crippen molar-refractivity contribution < 1.29 is 29.0 Å². The van der Waals surface area contributed by atoms with Crippen LogP contribution in [0, 0.1) is 0 Å². The SMILES string of the molecule is CCCCCCCCCCCCCCCC(=O)OC(=O)CC[C@H](NC(=O)c1ccc(NCc2cnc3nc(N)[nH]c(=O)c3n2)cc1)C(=O)O. The van der Waals surface area contributed by atoms with Crippen molar-refractivity contribution >= 4 is 46.6 Å². The Kier molecular flexibility index (Phi) is 16.7. The highest BCUT2D eigenvalue weighted by molar-refractivity contribution is 5.97. The second kappa shape index (κ2) is 21.2. The van der Waals surface area contributed by atoms with Crippen molar-refractivity contribution in [3.8, 4) is 0 Å². The van der Waals surface area contributed by atoms with Crippen molar-refractivity contribution in [3.05, 3.63) is 52.1 Å². The van der Waals surface area contributed by atoms with Gasteiger partial charge in [-0.15, -0.1) is 0 Å². The van der Waals surface area contributed by atoms with Gasteiger partial charge in [0.1, 0.15) is 6.04 Å². The molecule has 1 atom stereocenters. The maximum absolute atomic E-state index is 12.7. The third kappa shape index (κ3) is 14.4. The van der Waals surface area contributed by atoms with Crippen LogP contribution in [0.4, 0.5) is 11.6 Å². The topological polar surface area (TPSA) is 219 Å². The lowest BCUT2D eigenvalue weighted by molar-refractivity contribution is -0.159. The van der Waals surface area contributed by atoms with Crippen LogP contribution in [0.1, 0.15) is 126 Å². The number of hydrogen-bond acceptors (Lipinski definition) is 11. The van der Waals surface area contributed by atoms with E-state index in [1.54, 1.807) is 12.1 Å². The number of nitrogens with two attached hydrogens (primary N) is 1. The largest absolute Gasteiger partial charge is 0.480 e. The Morgan fingerprint density at radius 3 is 2.06 bits per heavy atom. The fourth-order valence-electron chi connectivity index (χ4n) is 5.27. The molecule has 2 aromatic heterocycles. The summed E-state index contributed by atoms with van der Waals surface area (Å²) in [5.41, 5.74) is 6.50. The van der Waals surface area contributed by atoms with E-state index < -0.39 is 35.4 Å². The third-order valence-electron chi connectivity index (χ3n) is 8.06. The number of anilines is 2. The third-order valence-corrected chi connectivity index (χ3v) is 8.06. The summed E-state index contributed by atoms with van der Waals surface area (Å²) in [6, 6.07) is 4.89. The number of nitrogens with zero attached hydrogens (tertiary/aromatic N) is 3. The first-order chi connectivity index (χ1) is 23.7. The van der Waals surface area contributed by atoms with Gasteiger partial charge in [-0.25, -0.2) is 14.8 Å². The summed E-state index contributed by atoms with van der Waals surface area (Å²) in [5, 5.41) is 15.1. The first-order valence-electron chi connectivity index (χ1n) is 17.3. The summed E-state index contributed by atoms with van der Waals surface area (Å²) in [5.74, 6) is -3.46. The van der Waals surface area contributed by atoms with Gasteiger partial charge >= 0.3 is 17.9 Å². The zero-order valence-corrected chi connectivity index (χ0v) is 28.3. The molecule has 3 aromatic rings. The second-order valence-corrected chi connectivity index (χ2v) is 12.2. The molecule has 0 unspecified atom stereocenters. The molecular weight excluding hydrogens is 630 g/mol. The standard InChI is InChI=1S/C35H49N7O7/c1-2-3-4-5-6-7-8-9-10-11-12-13-14-15-28(43)49-29(44)21-20-27(34(47)48)40-32(45)24-16-18-25(19-17-24)37-22-26-23-38-31-30(39-26)33(46)42-35(36)41-31/h16-19,23,27,37H,2-15,20-22H2,1H3,(H,40,45)(H,47,48)(H3,36,38,41,42,46)/t27-/m0/s1. The van der Waals surface area contributed by atoms with E-state index in [0.717, 1.165) is 19.3 Å². The second-order valence-electron chi connectivity index (χ2n) is 12.2. The van der Waals surface area contributed by atoms with Gasteiger partial charge in [-0.2, -0.15) is 4.98 Å². The first-order valence-corrected chi connectivity index (χ1v) is 17.3. The Hall–Kier alpha value is -4.88. The van der Waals surface area contributed by atoms with Gasteiger partial charge in [0.05, 0.1) is 18.4 Å². The Morgan fingerprint density at radius 1 is 0.857 bits per heavy atom. The van der Waals surface area contributed by atoms with E-state index in [1.807, 2.05) is 0 Å². The Bertz CT molecular complexity index is 1580. The van der Waals surface area contributed by atoms with Crippen molar-refractivity contribution in [2.75, 3.05) is 11.1 Å². The van der Waals surface area contributed by atoms with Gasteiger partial charge in [0.15, 0.2) is 11.2 Å². The number of ether oxygens (including phenoxy) is 1. The fraction of sp³-hybridized carbons (Fsp3) is 0.543. The van der Waals surface area contributed by atoms with Crippen LogP contribution in [0.5, 0.6) is 0 Å². The van der Waals surface area contributed by atoms with Gasteiger partial charge in [0.25, 0.3) is 11.5 Å². The maximum atomic E-state index is 12.7. The van der Waals surface area contributed by atoms with E-state index in [2.05, 4.69) is 37.5 Å². The minimum atomic E-state index is -1.35. The first kappa shape index (κ1) is 38.6. The molecule has 0 aliphatic rings. The van der Waals surface area contributed by atoms with Gasteiger partial charge in [-0.05, 0) is 37.1 Å². The molecule has 0 bridgehead atoms. The molecule has 14 nitrogen and oxygen atoms in total. The minimum absolute atomic E-state index is 0.0541. The zero-order valence-electron chi connectivity index (χ0n) is 28.3. The van der Waals surface area contributed by atoms with Crippen LogP contribution in [-0.2, 0) is 25.7 Å². The zero-order chi connectivity index (χ0) is 35.4. The molecule has 1 aromatic carbocycles. The molecule has 0 aliphatic carbocycles. The number of carboxylic acids is 1. The number of benzene rings is 1. The van der Waals surface area contributed by atoms with Gasteiger partial charge in [0, 0.05) is 24.1 Å². The number of carboxylic acid groups (broad SMARTS) is 1. The number of rotatable bonds is 23. The van der Waals surface area contributed by atoms with Crippen LogP contribution < -0.4 is 21.9 Å². The lowest BCUT2D eigenvalue weighted by Crippen LogP contribution is -2.41. The minimum Gasteiger partial charge on any atom is -0.480 e. The van der Waals surface area contributed by atoms with Crippen LogP contribution in [0.25, 0.3) is 11.2 Å². The van der Waals surface area contributed by atoms with Gasteiger partial charge in [-0.3, -0.25) is 24.2 Å². The molecule has 0 spiro atoms. The lowest BCUT2D eigenvalue weighted by atomic mass is 10.0. The molecule has 49 heavy (non-hydrogen) atoms. The molecular formula is C35H49N7O7. The van der Waals surface area contributed by atoms with E-state index >= 15 is 0 Å². The number of H-pyrrole nitrogens is 1. The molecule has 1 amide bonds. The molecule has 6 N–H and O–H groups in total. The Labute approximate surface area is 286 Å². The highest BCUT2D eigenvalue weighted by Gasteiger charge is 2.23. The number of aromatic nitrogens is 4. The van der Waals surface area contributed by atoms with Crippen molar-refractivity contribution in [1.29, 1.82) is 0 Å². The van der Waals surface area contributed by atoms with Crippen LogP contribution in [0.2, 0.25) is 0 Å². The highest BCUT2D eigenvalue weighted by Crippen LogP contribution is 2.15. The molecule has 3 rings (SSSR count). The maximum Gasteiger partial charge on any atom is 0.326 e. The number of nitrogens with one attached hydrogen (secondary N) is 3. The number of amides is 1. The predicted octanol–water partition coefficient (Wildman–Crippen LogP) is 5.42. The number of aromatic amines is 1. The summed E-state index contributed by atoms with van der Waals surface area (Å²) < 4.78 is 4.85. The van der Waals surface area contributed by atoms with Crippen molar-refractivity contribution in [2.24, 2.45) is 0 Å². The Balaban J connectivity index is 1.31. The number of carbonyl (C=O) groups is 4. The number of esters is 2. The van der Waals surface area contributed by atoms with Crippen LogP contribution in [0.3, 0.4) is 0 Å². The van der Waals surface area contributed by atoms with E-state index in [9.17, 15) is 29.1 Å². The van der Waals surface area contributed by atoms with Crippen molar-refractivity contribution in [2.45, 2.75) is 122 Å². The van der Waals surface area contributed by atoms with Gasteiger partial charge < -0.3 is 26.2 Å². The van der Waals surface area contributed by atoms with Crippen LogP contribution in [0.15, 0.2) is 35.3 Å². The molecule has 0 radical (unpaired) electrons. The summed E-state index contributed by atoms with van der Waals surface area (Å²) >= 11 is 0. The number of unbranched alkanes of at least 4 members (excludes halogenated alkanes) is 12. The number of aliphatic carboxylic acids is 1. The van der Waals surface area contributed by atoms with Gasteiger partial charge in [-0.1, -0.05) is 84.0 Å². The van der Waals surface area contributed by atoms with Crippen molar-refractivity contribution in [1.82, 2.24) is 25.3 Å². The van der Waals surface area contributed by atoms with E-state index in [-0.39, 0.29) is 48.5 Å². The van der Waals surface area contributed by atoms with Crippen LogP contribution in [-0.4, -0.2) is 54.9 Å². The smallest absolute Gasteiger partial charge is 0.326 e. The summed E-state index contributed by atoms with van der Waals surface area (Å²) in [6.07, 6.45) is 16.4. The normalized spacial score (nSPS) is 11.6. The monoisotopic (exact) mass is 679 g/mol. The van der Waals surface area contributed by atoms with E-state index in [1.165, 1.54) is 76.1 Å².